The fraction of sp³-hybridized carbons (Fsp3) is 0.529. The van der Waals surface area contributed by atoms with E-state index in [-0.39, 0.29) is 18.6 Å². The van der Waals surface area contributed by atoms with Gasteiger partial charge in [-0.3, -0.25) is 4.79 Å². The summed E-state index contributed by atoms with van der Waals surface area (Å²) in [6.45, 7) is 6.42. The zero-order chi connectivity index (χ0) is 15.7. The van der Waals surface area contributed by atoms with Gasteiger partial charge in [0.05, 0.1) is 11.6 Å². The lowest BCUT2D eigenvalue weighted by atomic mass is 10.0. The predicted octanol–water partition coefficient (Wildman–Crippen LogP) is 3.27. The van der Waals surface area contributed by atoms with E-state index in [1.807, 2.05) is 13.0 Å². The Morgan fingerprint density at radius 3 is 2.48 bits per heavy atom. The highest BCUT2D eigenvalue weighted by Crippen LogP contribution is 2.11. The topological polar surface area (TPSA) is 62.1 Å². The summed E-state index contributed by atoms with van der Waals surface area (Å²) in [6.07, 6.45) is 3.29. The van der Waals surface area contributed by atoms with Crippen molar-refractivity contribution in [2.45, 2.75) is 46.1 Å². The van der Waals surface area contributed by atoms with Crippen molar-refractivity contribution in [2.75, 3.05) is 6.61 Å². The van der Waals surface area contributed by atoms with Gasteiger partial charge in [0.2, 0.25) is 0 Å². The molecule has 1 rings (SSSR count). The molecule has 0 aliphatic rings. The molecule has 1 aromatic rings. The van der Waals surface area contributed by atoms with Crippen LogP contribution in [0, 0.1) is 17.2 Å². The summed E-state index contributed by atoms with van der Waals surface area (Å²) in [7, 11) is 0. The molecule has 21 heavy (non-hydrogen) atoms. The molecular formula is C17H24N2O2. The molecule has 0 saturated heterocycles. The van der Waals surface area contributed by atoms with E-state index in [4.69, 9.17) is 10.00 Å². The summed E-state index contributed by atoms with van der Waals surface area (Å²) >= 11 is 0. The summed E-state index contributed by atoms with van der Waals surface area (Å²) in [5.74, 6) is 1.18. The average Bonchev–Trinajstić information content (AvgIpc) is 2.45. The minimum atomic E-state index is -0.114. The molecule has 0 aromatic heterocycles. The van der Waals surface area contributed by atoms with Crippen LogP contribution in [0.5, 0.6) is 5.75 Å². The highest BCUT2D eigenvalue weighted by molar-refractivity contribution is 5.77. The lowest BCUT2D eigenvalue weighted by Gasteiger charge is -2.15. The van der Waals surface area contributed by atoms with Crippen molar-refractivity contribution < 1.29 is 9.53 Å². The number of hydrogen-bond acceptors (Lipinski definition) is 3. The van der Waals surface area contributed by atoms with Crippen molar-refractivity contribution in [3.05, 3.63) is 29.8 Å². The third-order valence-electron chi connectivity index (χ3n) is 3.18. The number of ether oxygens (including phenoxy) is 1. The van der Waals surface area contributed by atoms with E-state index in [1.165, 1.54) is 6.42 Å². The van der Waals surface area contributed by atoms with Crippen molar-refractivity contribution in [1.82, 2.24) is 5.32 Å². The molecule has 1 amide bonds. The van der Waals surface area contributed by atoms with Gasteiger partial charge in [-0.2, -0.15) is 5.26 Å². The van der Waals surface area contributed by atoms with Crippen LogP contribution < -0.4 is 10.1 Å². The summed E-state index contributed by atoms with van der Waals surface area (Å²) in [4.78, 5) is 11.8. The second-order valence-corrected chi connectivity index (χ2v) is 5.72. The van der Waals surface area contributed by atoms with E-state index >= 15 is 0 Å². The van der Waals surface area contributed by atoms with Gasteiger partial charge in [-0.15, -0.1) is 0 Å². The zero-order valence-corrected chi connectivity index (χ0v) is 13.1. The molecule has 0 unspecified atom stereocenters. The molecule has 0 bridgehead atoms. The molecule has 1 N–H and O–H groups in total. The lowest BCUT2D eigenvalue weighted by Crippen LogP contribution is -2.36. The van der Waals surface area contributed by atoms with Crippen molar-refractivity contribution >= 4 is 5.91 Å². The first-order valence-electron chi connectivity index (χ1n) is 7.43. The van der Waals surface area contributed by atoms with Crippen molar-refractivity contribution in [2.24, 2.45) is 5.92 Å². The first kappa shape index (κ1) is 17.0. The Kier molecular flexibility index (Phi) is 7.31. The van der Waals surface area contributed by atoms with Gasteiger partial charge >= 0.3 is 0 Å². The summed E-state index contributed by atoms with van der Waals surface area (Å²) < 4.78 is 5.39. The number of nitriles is 1. The van der Waals surface area contributed by atoms with Crippen LogP contribution in [0.1, 0.15) is 45.6 Å². The molecule has 4 nitrogen and oxygen atoms in total. The number of benzene rings is 1. The maximum atomic E-state index is 11.8. The molecule has 0 aliphatic heterocycles. The Bertz CT molecular complexity index is 475. The highest BCUT2D eigenvalue weighted by Gasteiger charge is 2.08. The number of hydrogen-bond donors (Lipinski definition) is 1. The number of carbonyl (C=O) groups excluding carboxylic acids is 1. The molecule has 0 heterocycles. The van der Waals surface area contributed by atoms with Crippen LogP contribution >= 0.6 is 0 Å². The lowest BCUT2D eigenvalue weighted by molar-refractivity contribution is -0.123. The van der Waals surface area contributed by atoms with E-state index in [2.05, 4.69) is 19.2 Å². The van der Waals surface area contributed by atoms with Crippen molar-refractivity contribution in [3.8, 4) is 11.8 Å². The van der Waals surface area contributed by atoms with Crippen LogP contribution in [-0.4, -0.2) is 18.6 Å². The Morgan fingerprint density at radius 1 is 1.24 bits per heavy atom. The first-order chi connectivity index (χ1) is 10.0. The molecule has 0 spiro atoms. The predicted molar refractivity (Wildman–Crippen MR) is 82.9 cm³/mol. The van der Waals surface area contributed by atoms with E-state index in [0.717, 1.165) is 12.8 Å². The number of nitrogens with one attached hydrogen (secondary N) is 1. The Morgan fingerprint density at radius 2 is 1.90 bits per heavy atom. The Labute approximate surface area is 127 Å². The monoisotopic (exact) mass is 288 g/mol. The van der Waals surface area contributed by atoms with Gasteiger partial charge in [-0.25, -0.2) is 0 Å². The second-order valence-electron chi connectivity index (χ2n) is 5.72. The van der Waals surface area contributed by atoms with E-state index in [9.17, 15) is 4.79 Å². The SMILES string of the molecule is CC(C)CCC[C@H](C)NC(=O)COc1ccc(C#N)cc1. The van der Waals surface area contributed by atoms with Crippen LogP contribution in [0.2, 0.25) is 0 Å². The summed E-state index contributed by atoms with van der Waals surface area (Å²) in [5.41, 5.74) is 0.575. The second kappa shape index (κ2) is 9.02. The third-order valence-corrected chi connectivity index (χ3v) is 3.18. The molecule has 0 fully saturated rings. The van der Waals surface area contributed by atoms with Crippen LogP contribution in [0.25, 0.3) is 0 Å². The van der Waals surface area contributed by atoms with Crippen molar-refractivity contribution in [1.29, 1.82) is 5.26 Å². The van der Waals surface area contributed by atoms with E-state index in [0.29, 0.717) is 17.2 Å². The number of carbonyl (C=O) groups is 1. The summed E-state index contributed by atoms with van der Waals surface area (Å²) in [6, 6.07) is 8.93. The standard InChI is InChI=1S/C17H24N2O2/c1-13(2)5-4-6-14(3)19-17(20)12-21-16-9-7-15(11-18)8-10-16/h7-10,13-14H,4-6,12H2,1-3H3,(H,19,20)/t14-/m0/s1. The maximum Gasteiger partial charge on any atom is 0.258 e. The van der Waals surface area contributed by atoms with Gasteiger partial charge in [0.1, 0.15) is 5.75 Å². The number of rotatable bonds is 8. The fourth-order valence-corrected chi connectivity index (χ4v) is 2.00. The number of amides is 1. The van der Waals surface area contributed by atoms with Crippen LogP contribution in [0.4, 0.5) is 0 Å². The van der Waals surface area contributed by atoms with Gasteiger partial charge in [-0.1, -0.05) is 26.7 Å². The molecule has 0 radical (unpaired) electrons. The van der Waals surface area contributed by atoms with Crippen LogP contribution in [0.15, 0.2) is 24.3 Å². The molecule has 0 aliphatic carbocycles. The summed E-state index contributed by atoms with van der Waals surface area (Å²) in [5, 5.41) is 11.6. The minimum absolute atomic E-state index is 0.000417. The Balaban J connectivity index is 2.25. The van der Waals surface area contributed by atoms with Gasteiger partial charge in [0.15, 0.2) is 6.61 Å². The third kappa shape index (κ3) is 7.36. The molecule has 4 heteroatoms. The molecular weight excluding hydrogens is 264 g/mol. The van der Waals surface area contributed by atoms with Gasteiger partial charge in [0.25, 0.3) is 5.91 Å². The first-order valence-corrected chi connectivity index (χ1v) is 7.43. The molecule has 114 valence electrons. The van der Waals surface area contributed by atoms with Crippen molar-refractivity contribution in [3.63, 3.8) is 0 Å². The van der Waals surface area contributed by atoms with Gasteiger partial charge < -0.3 is 10.1 Å². The normalized spacial score (nSPS) is 11.8. The average molecular weight is 288 g/mol. The quantitative estimate of drug-likeness (QED) is 0.798. The zero-order valence-electron chi connectivity index (χ0n) is 13.1. The molecule has 1 atom stereocenters. The maximum absolute atomic E-state index is 11.8. The van der Waals surface area contributed by atoms with E-state index in [1.54, 1.807) is 24.3 Å². The van der Waals surface area contributed by atoms with Crippen LogP contribution in [0.3, 0.4) is 0 Å². The molecule has 0 saturated carbocycles. The smallest absolute Gasteiger partial charge is 0.258 e. The Hall–Kier alpha value is -2.02. The van der Waals surface area contributed by atoms with Crippen LogP contribution in [-0.2, 0) is 4.79 Å². The number of nitrogens with zero attached hydrogens (tertiary/aromatic N) is 1. The van der Waals surface area contributed by atoms with E-state index < -0.39 is 0 Å². The molecule has 1 aromatic carbocycles. The fourth-order valence-electron chi connectivity index (χ4n) is 2.00. The van der Waals surface area contributed by atoms with Gasteiger partial charge in [0, 0.05) is 6.04 Å². The largest absolute Gasteiger partial charge is 0.484 e. The van der Waals surface area contributed by atoms with Gasteiger partial charge in [-0.05, 0) is 43.5 Å². The highest BCUT2D eigenvalue weighted by atomic mass is 16.5. The minimum Gasteiger partial charge on any atom is -0.484 e.